The number of rotatable bonds is 2. The van der Waals surface area contributed by atoms with E-state index in [9.17, 15) is 8.42 Å². The molecule has 0 unspecified atom stereocenters. The molecule has 1 aromatic rings. The number of hydrogen-bond donors (Lipinski definition) is 0. The Morgan fingerprint density at radius 1 is 1.12 bits per heavy atom. The van der Waals surface area contributed by atoms with Gasteiger partial charge in [-0.05, 0) is 25.7 Å². The summed E-state index contributed by atoms with van der Waals surface area (Å²) in [4.78, 5) is 0.153. The van der Waals surface area contributed by atoms with Crippen LogP contribution in [0.15, 0.2) is 33.0 Å². The van der Waals surface area contributed by atoms with Gasteiger partial charge in [-0.25, -0.2) is 8.42 Å². The van der Waals surface area contributed by atoms with Crippen molar-refractivity contribution < 1.29 is 12.9 Å². The van der Waals surface area contributed by atoms with Crippen LogP contribution in [0.25, 0.3) is 0 Å². The lowest BCUT2D eigenvalue weighted by molar-refractivity contribution is 0.384. The van der Waals surface area contributed by atoms with Crippen molar-refractivity contribution in [1.82, 2.24) is 9.46 Å². The summed E-state index contributed by atoms with van der Waals surface area (Å²) in [5.41, 5.74) is 3.02. The van der Waals surface area contributed by atoms with Crippen LogP contribution in [0.1, 0.15) is 25.7 Å². The van der Waals surface area contributed by atoms with Crippen LogP contribution in [-0.2, 0) is 10.0 Å². The second-order valence-corrected chi connectivity index (χ2v) is 6.41. The van der Waals surface area contributed by atoms with Gasteiger partial charge in [-0.15, -0.1) is 0 Å². The maximum atomic E-state index is 12.2. The van der Waals surface area contributed by atoms with Crippen molar-refractivity contribution in [2.24, 2.45) is 0 Å². The van der Waals surface area contributed by atoms with Crippen molar-refractivity contribution in [3.63, 3.8) is 0 Å². The van der Waals surface area contributed by atoms with Crippen molar-refractivity contribution in [3.05, 3.63) is 23.6 Å². The third-order valence-corrected chi connectivity index (χ3v) is 5.22. The van der Waals surface area contributed by atoms with Crippen LogP contribution in [0.4, 0.5) is 0 Å². The van der Waals surface area contributed by atoms with Gasteiger partial charge in [0.05, 0.1) is 6.20 Å². The monoisotopic (exact) mass is 254 g/mol. The summed E-state index contributed by atoms with van der Waals surface area (Å²) in [5, 5.41) is 3.45. The SMILES string of the molecule is O=S(=O)(c1cnoc1)N1CCC(=C2CC2)CC1. The van der Waals surface area contributed by atoms with Gasteiger partial charge in [0.1, 0.15) is 11.2 Å². The Balaban J connectivity index is 1.76. The van der Waals surface area contributed by atoms with Gasteiger partial charge in [0, 0.05) is 13.1 Å². The first-order valence-electron chi connectivity index (χ1n) is 5.77. The third-order valence-electron chi connectivity index (χ3n) is 3.37. The van der Waals surface area contributed by atoms with Gasteiger partial charge in [-0.3, -0.25) is 0 Å². The molecule has 0 aromatic carbocycles. The Morgan fingerprint density at radius 3 is 2.29 bits per heavy atom. The smallest absolute Gasteiger partial charge is 0.247 e. The van der Waals surface area contributed by atoms with Crippen LogP contribution < -0.4 is 0 Å². The van der Waals surface area contributed by atoms with Crippen molar-refractivity contribution in [2.75, 3.05) is 13.1 Å². The van der Waals surface area contributed by atoms with Crippen LogP contribution in [-0.4, -0.2) is 31.0 Å². The molecule has 3 rings (SSSR count). The zero-order valence-electron chi connectivity index (χ0n) is 9.42. The Hall–Kier alpha value is -1.14. The average Bonchev–Trinajstić information content (AvgIpc) is 3.03. The summed E-state index contributed by atoms with van der Waals surface area (Å²) in [6.07, 6.45) is 6.62. The molecule has 2 heterocycles. The summed E-state index contributed by atoms with van der Waals surface area (Å²) >= 11 is 0. The molecule has 0 bridgehead atoms. The van der Waals surface area contributed by atoms with E-state index in [0.717, 1.165) is 12.8 Å². The molecule has 1 saturated carbocycles. The zero-order chi connectivity index (χ0) is 11.9. The first kappa shape index (κ1) is 11.0. The van der Waals surface area contributed by atoms with E-state index in [-0.39, 0.29) is 4.90 Å². The van der Waals surface area contributed by atoms with Crippen LogP contribution in [0, 0.1) is 0 Å². The number of hydrogen-bond acceptors (Lipinski definition) is 4. The molecule has 0 N–H and O–H groups in total. The molecule has 5 nitrogen and oxygen atoms in total. The zero-order valence-corrected chi connectivity index (χ0v) is 10.2. The van der Waals surface area contributed by atoms with Gasteiger partial charge in [0.15, 0.2) is 0 Å². The Labute approximate surface area is 100 Å². The van der Waals surface area contributed by atoms with E-state index in [1.54, 1.807) is 5.57 Å². The number of allylic oxidation sites excluding steroid dienone is 1. The Kier molecular flexibility index (Phi) is 2.56. The highest BCUT2D eigenvalue weighted by atomic mass is 32.2. The van der Waals surface area contributed by atoms with Crippen LogP contribution in [0.2, 0.25) is 0 Å². The molecule has 1 aliphatic carbocycles. The first-order valence-corrected chi connectivity index (χ1v) is 7.21. The molecule has 2 fully saturated rings. The molecule has 2 aliphatic rings. The lowest BCUT2D eigenvalue weighted by Crippen LogP contribution is -2.36. The van der Waals surface area contributed by atoms with Gasteiger partial charge in [-0.2, -0.15) is 4.31 Å². The molecule has 0 amide bonds. The van der Waals surface area contributed by atoms with Gasteiger partial charge in [0.25, 0.3) is 0 Å². The maximum Gasteiger partial charge on any atom is 0.247 e. The fourth-order valence-corrected chi connectivity index (χ4v) is 3.54. The van der Waals surface area contributed by atoms with Gasteiger partial charge >= 0.3 is 0 Å². The van der Waals surface area contributed by atoms with Gasteiger partial charge in [-0.1, -0.05) is 16.3 Å². The summed E-state index contributed by atoms with van der Waals surface area (Å²) in [5.74, 6) is 0. The minimum atomic E-state index is -3.39. The van der Waals surface area contributed by atoms with E-state index in [1.165, 1.54) is 35.2 Å². The summed E-state index contributed by atoms with van der Waals surface area (Å²) in [6, 6.07) is 0. The average molecular weight is 254 g/mol. The topological polar surface area (TPSA) is 63.4 Å². The minimum absolute atomic E-state index is 0.153. The van der Waals surface area contributed by atoms with E-state index in [1.807, 2.05) is 0 Å². The van der Waals surface area contributed by atoms with Crippen molar-refractivity contribution >= 4 is 10.0 Å². The highest BCUT2D eigenvalue weighted by Crippen LogP contribution is 2.36. The molecule has 0 atom stereocenters. The predicted molar refractivity (Wildman–Crippen MR) is 60.8 cm³/mol. The van der Waals surface area contributed by atoms with E-state index in [4.69, 9.17) is 0 Å². The molecule has 17 heavy (non-hydrogen) atoms. The van der Waals surface area contributed by atoms with Crippen LogP contribution in [0.5, 0.6) is 0 Å². The highest BCUT2D eigenvalue weighted by Gasteiger charge is 2.30. The Morgan fingerprint density at radius 2 is 1.76 bits per heavy atom. The van der Waals surface area contributed by atoms with E-state index in [2.05, 4.69) is 9.68 Å². The third kappa shape index (κ3) is 2.02. The van der Waals surface area contributed by atoms with E-state index >= 15 is 0 Å². The summed E-state index contributed by atoms with van der Waals surface area (Å²) in [7, 11) is -3.39. The second-order valence-electron chi connectivity index (χ2n) is 4.47. The van der Waals surface area contributed by atoms with Gasteiger partial charge in [0.2, 0.25) is 10.0 Å². The first-order chi connectivity index (χ1) is 8.18. The standard InChI is InChI=1S/C11H14N2O3S/c14-17(15,11-7-12-16-8-11)13-5-3-10(4-6-13)9-1-2-9/h7-8H,1-6H2. The summed E-state index contributed by atoms with van der Waals surface area (Å²) < 4.78 is 30.4. The summed E-state index contributed by atoms with van der Waals surface area (Å²) in [6.45, 7) is 1.15. The number of aromatic nitrogens is 1. The molecule has 92 valence electrons. The molecule has 0 radical (unpaired) electrons. The lowest BCUT2D eigenvalue weighted by Gasteiger charge is -2.27. The highest BCUT2D eigenvalue weighted by molar-refractivity contribution is 7.89. The number of sulfonamides is 1. The normalized spacial score (nSPS) is 21.9. The van der Waals surface area contributed by atoms with Crippen LogP contribution in [0.3, 0.4) is 0 Å². The Bertz CT molecular complexity index is 529. The molecule has 1 aromatic heterocycles. The fourth-order valence-electron chi connectivity index (χ4n) is 2.24. The molecular formula is C11H14N2O3S. The fraction of sp³-hybridized carbons (Fsp3) is 0.545. The number of piperidine rings is 1. The van der Waals surface area contributed by atoms with Crippen molar-refractivity contribution in [1.29, 1.82) is 0 Å². The molecule has 1 aliphatic heterocycles. The molecule has 1 saturated heterocycles. The van der Waals surface area contributed by atoms with E-state index in [0.29, 0.717) is 13.1 Å². The maximum absolute atomic E-state index is 12.2. The quantitative estimate of drug-likeness (QED) is 0.751. The van der Waals surface area contributed by atoms with Crippen molar-refractivity contribution in [3.8, 4) is 0 Å². The lowest BCUT2D eigenvalue weighted by atomic mass is 10.1. The second kappa shape index (κ2) is 3.96. The largest absolute Gasteiger partial charge is 0.363 e. The van der Waals surface area contributed by atoms with Crippen molar-refractivity contribution in [2.45, 2.75) is 30.6 Å². The molecule has 6 heteroatoms. The minimum Gasteiger partial charge on any atom is -0.363 e. The van der Waals surface area contributed by atoms with Crippen LogP contribution >= 0.6 is 0 Å². The number of nitrogens with zero attached hydrogens (tertiary/aromatic N) is 2. The predicted octanol–water partition coefficient (Wildman–Crippen LogP) is 1.55. The molecular weight excluding hydrogens is 240 g/mol. The van der Waals surface area contributed by atoms with Gasteiger partial charge < -0.3 is 4.52 Å². The van der Waals surface area contributed by atoms with E-state index < -0.39 is 10.0 Å². The molecule has 0 spiro atoms.